The van der Waals surface area contributed by atoms with Crippen molar-refractivity contribution in [1.29, 1.82) is 0 Å². The van der Waals surface area contributed by atoms with Gasteiger partial charge in [-0.25, -0.2) is 4.98 Å². The Bertz CT molecular complexity index is 1370. The summed E-state index contributed by atoms with van der Waals surface area (Å²) < 4.78 is 2.06. The Morgan fingerprint density at radius 2 is 1.83 bits per heavy atom. The first-order valence-corrected chi connectivity index (χ1v) is 12.9. The summed E-state index contributed by atoms with van der Waals surface area (Å²) in [4.78, 5) is 46.2. The number of rotatable bonds is 4. The van der Waals surface area contributed by atoms with E-state index in [1.165, 1.54) is 36.6 Å². The molecule has 3 aromatic rings. The molecule has 0 aliphatic carbocycles. The average Bonchev–Trinajstić information content (AvgIpc) is 3.27. The van der Waals surface area contributed by atoms with E-state index in [0.29, 0.717) is 18.5 Å². The van der Waals surface area contributed by atoms with Crippen LogP contribution in [0.3, 0.4) is 0 Å². The summed E-state index contributed by atoms with van der Waals surface area (Å²) in [5.41, 5.74) is 5.60. The normalized spacial score (nSPS) is 21.1. The minimum absolute atomic E-state index is 0.154. The lowest BCUT2D eigenvalue weighted by molar-refractivity contribution is -0.136. The maximum Gasteiger partial charge on any atom is 0.255 e. The van der Waals surface area contributed by atoms with Crippen LogP contribution >= 0.6 is 0 Å². The van der Waals surface area contributed by atoms with Crippen LogP contribution in [-0.4, -0.2) is 56.2 Å². The highest BCUT2D eigenvalue weighted by atomic mass is 16.2. The van der Waals surface area contributed by atoms with Crippen molar-refractivity contribution in [3.63, 3.8) is 0 Å². The Labute approximate surface area is 210 Å². The van der Waals surface area contributed by atoms with Crippen LogP contribution in [-0.2, 0) is 29.7 Å². The quantitative estimate of drug-likeness (QED) is 0.573. The van der Waals surface area contributed by atoms with Crippen molar-refractivity contribution in [2.24, 2.45) is 7.05 Å². The molecule has 8 nitrogen and oxygen atoms in total. The molecule has 0 radical (unpaired) electrons. The number of carbonyl (C=O) groups is 3. The number of hydrogen-bond donors (Lipinski definition) is 1. The first-order valence-electron chi connectivity index (χ1n) is 12.9. The number of likely N-dealkylation sites (tertiary alicyclic amines) is 1. The first kappa shape index (κ1) is 22.9. The molecule has 2 saturated heterocycles. The standard InChI is InChI=1S/C28H31N5O3/c1-31-13-10-21-20(16-32-11-4-2-3-5-12-32)15-23(29-26(21)31)18-6-7-22-19(14-18)17-33(28(22)36)24-8-9-25(34)30-27(24)35/h6-7,10,13-15,24H,2-5,8-9,11-12,16-17H2,1H3,(H,30,34,35). The average molecular weight is 486 g/mol. The molecule has 1 aromatic carbocycles. The highest BCUT2D eigenvalue weighted by Crippen LogP contribution is 2.32. The topological polar surface area (TPSA) is 87.5 Å². The highest BCUT2D eigenvalue weighted by Gasteiger charge is 2.39. The van der Waals surface area contributed by atoms with E-state index in [2.05, 4.69) is 33.1 Å². The molecule has 3 aliphatic rings. The van der Waals surface area contributed by atoms with Crippen LogP contribution in [0, 0.1) is 0 Å². The fourth-order valence-electron chi connectivity index (χ4n) is 5.85. The van der Waals surface area contributed by atoms with E-state index in [1.54, 1.807) is 4.90 Å². The van der Waals surface area contributed by atoms with Crippen LogP contribution in [0.2, 0.25) is 0 Å². The Hall–Kier alpha value is -3.52. The van der Waals surface area contributed by atoms with Gasteiger partial charge < -0.3 is 9.47 Å². The van der Waals surface area contributed by atoms with Crippen molar-refractivity contribution in [2.75, 3.05) is 13.1 Å². The molecule has 36 heavy (non-hydrogen) atoms. The van der Waals surface area contributed by atoms with Crippen LogP contribution in [0.25, 0.3) is 22.3 Å². The molecule has 1 unspecified atom stereocenters. The van der Waals surface area contributed by atoms with E-state index < -0.39 is 6.04 Å². The lowest BCUT2D eigenvalue weighted by atomic mass is 10.0. The van der Waals surface area contributed by atoms with Gasteiger partial charge in [-0.2, -0.15) is 0 Å². The van der Waals surface area contributed by atoms with Crippen molar-refractivity contribution in [2.45, 2.75) is 57.7 Å². The highest BCUT2D eigenvalue weighted by molar-refractivity contribution is 6.05. The van der Waals surface area contributed by atoms with E-state index >= 15 is 0 Å². The van der Waals surface area contributed by atoms with E-state index in [9.17, 15) is 14.4 Å². The Morgan fingerprint density at radius 3 is 2.61 bits per heavy atom. The molecule has 5 heterocycles. The lowest BCUT2D eigenvalue weighted by Gasteiger charge is -2.29. The maximum absolute atomic E-state index is 13.1. The lowest BCUT2D eigenvalue weighted by Crippen LogP contribution is -2.52. The number of hydrogen-bond acceptors (Lipinski definition) is 5. The van der Waals surface area contributed by atoms with E-state index in [1.807, 2.05) is 25.2 Å². The third-order valence-electron chi connectivity index (χ3n) is 7.83. The number of piperidine rings is 1. The van der Waals surface area contributed by atoms with Crippen molar-refractivity contribution in [3.8, 4) is 11.3 Å². The maximum atomic E-state index is 13.1. The minimum Gasteiger partial charge on any atom is -0.336 e. The zero-order valence-corrected chi connectivity index (χ0v) is 20.6. The van der Waals surface area contributed by atoms with Gasteiger partial charge in [-0.05, 0) is 67.7 Å². The van der Waals surface area contributed by atoms with Crippen LogP contribution in [0.1, 0.15) is 60.0 Å². The number of fused-ring (bicyclic) bond motifs is 2. The van der Waals surface area contributed by atoms with Crippen molar-refractivity contribution in [1.82, 2.24) is 24.7 Å². The molecule has 0 saturated carbocycles. The van der Waals surface area contributed by atoms with Gasteiger partial charge in [0.15, 0.2) is 0 Å². The summed E-state index contributed by atoms with van der Waals surface area (Å²) in [6.45, 7) is 3.52. The van der Waals surface area contributed by atoms with Gasteiger partial charge >= 0.3 is 0 Å². The third-order valence-corrected chi connectivity index (χ3v) is 7.83. The zero-order valence-electron chi connectivity index (χ0n) is 20.6. The molecule has 0 bridgehead atoms. The number of nitrogens with one attached hydrogen (secondary N) is 1. The molecule has 6 rings (SSSR count). The molecule has 0 spiro atoms. The summed E-state index contributed by atoms with van der Waals surface area (Å²) in [6.07, 6.45) is 7.79. The smallest absolute Gasteiger partial charge is 0.255 e. The van der Waals surface area contributed by atoms with Gasteiger partial charge in [-0.15, -0.1) is 0 Å². The number of nitrogens with zero attached hydrogens (tertiary/aromatic N) is 4. The number of amides is 3. The molecule has 8 heteroatoms. The van der Waals surface area contributed by atoms with Gasteiger partial charge in [-0.3, -0.25) is 24.6 Å². The van der Waals surface area contributed by atoms with Gasteiger partial charge in [0, 0.05) is 49.3 Å². The number of imide groups is 1. The summed E-state index contributed by atoms with van der Waals surface area (Å²) in [5, 5.41) is 3.55. The molecular formula is C28H31N5O3. The second-order valence-electron chi connectivity index (χ2n) is 10.3. The minimum atomic E-state index is -0.607. The predicted molar refractivity (Wildman–Crippen MR) is 136 cm³/mol. The number of aryl methyl sites for hydroxylation is 1. The fourth-order valence-corrected chi connectivity index (χ4v) is 5.85. The third kappa shape index (κ3) is 4.09. The van der Waals surface area contributed by atoms with Gasteiger partial charge in [0.2, 0.25) is 11.8 Å². The summed E-state index contributed by atoms with van der Waals surface area (Å²) >= 11 is 0. The Morgan fingerprint density at radius 1 is 1.03 bits per heavy atom. The Kier molecular flexibility index (Phi) is 5.84. The number of carbonyl (C=O) groups excluding carboxylic acids is 3. The molecule has 186 valence electrons. The van der Waals surface area contributed by atoms with E-state index in [4.69, 9.17) is 4.98 Å². The van der Waals surface area contributed by atoms with Gasteiger partial charge in [-0.1, -0.05) is 18.9 Å². The van der Waals surface area contributed by atoms with Crippen molar-refractivity contribution < 1.29 is 14.4 Å². The van der Waals surface area contributed by atoms with E-state index in [0.717, 1.165) is 42.1 Å². The van der Waals surface area contributed by atoms with Gasteiger partial charge in [0.1, 0.15) is 11.7 Å². The Balaban J connectivity index is 1.32. The first-order chi connectivity index (χ1) is 17.5. The number of pyridine rings is 1. The second-order valence-corrected chi connectivity index (χ2v) is 10.3. The van der Waals surface area contributed by atoms with Crippen LogP contribution in [0.15, 0.2) is 36.5 Å². The van der Waals surface area contributed by atoms with Crippen LogP contribution in [0.4, 0.5) is 0 Å². The molecular weight excluding hydrogens is 454 g/mol. The van der Waals surface area contributed by atoms with Crippen LogP contribution < -0.4 is 5.32 Å². The molecule has 1 atom stereocenters. The second kappa shape index (κ2) is 9.17. The zero-order chi connectivity index (χ0) is 24.8. The predicted octanol–water partition coefficient (Wildman–Crippen LogP) is 3.38. The van der Waals surface area contributed by atoms with Gasteiger partial charge in [0.25, 0.3) is 5.91 Å². The monoisotopic (exact) mass is 485 g/mol. The van der Waals surface area contributed by atoms with E-state index in [-0.39, 0.29) is 24.1 Å². The SMILES string of the molecule is Cn1ccc2c(CN3CCCCCC3)cc(-c3ccc4c(c3)CN(C3CCC(=O)NC3=O)C4=O)nc21. The molecule has 2 fully saturated rings. The number of benzene rings is 1. The van der Waals surface area contributed by atoms with Crippen molar-refractivity contribution in [3.05, 3.63) is 53.2 Å². The number of aromatic nitrogens is 2. The molecule has 1 N–H and O–H groups in total. The van der Waals surface area contributed by atoms with Crippen molar-refractivity contribution >= 4 is 28.8 Å². The van der Waals surface area contributed by atoms with Gasteiger partial charge in [0.05, 0.1) is 5.69 Å². The summed E-state index contributed by atoms with van der Waals surface area (Å²) in [7, 11) is 2.02. The molecule has 3 aliphatic heterocycles. The fraction of sp³-hybridized carbons (Fsp3) is 0.429. The van der Waals surface area contributed by atoms with Crippen LogP contribution in [0.5, 0.6) is 0 Å². The summed E-state index contributed by atoms with van der Waals surface area (Å²) in [6, 6.07) is 9.58. The largest absolute Gasteiger partial charge is 0.336 e. The molecule has 2 aromatic heterocycles. The summed E-state index contributed by atoms with van der Waals surface area (Å²) in [5.74, 6) is -0.818. The molecule has 3 amide bonds.